The average Bonchev–Trinajstić information content (AvgIpc) is 2.63. The first-order chi connectivity index (χ1) is 12.1. The number of amides is 2. The second-order valence-electron chi connectivity index (χ2n) is 6.02. The first-order valence-corrected chi connectivity index (χ1v) is 8.68. The summed E-state index contributed by atoms with van der Waals surface area (Å²) in [6, 6.07) is 9.18. The van der Waals surface area contributed by atoms with Crippen LogP contribution in [0.25, 0.3) is 0 Å². The number of carbonyl (C=O) groups excluding carboxylic acids is 2. The number of hydrogen-bond donors (Lipinski definition) is 1. The van der Waals surface area contributed by atoms with Gasteiger partial charge in [0.25, 0.3) is 11.8 Å². The van der Waals surface area contributed by atoms with Crippen molar-refractivity contribution in [3.63, 3.8) is 0 Å². The normalized spacial score (nSPS) is 10.4. The topological polar surface area (TPSA) is 62.3 Å². The lowest BCUT2D eigenvalue weighted by Gasteiger charge is -2.21. The Kier molecular flexibility index (Phi) is 6.69. The minimum absolute atomic E-state index is 0.0817. The average molecular weight is 339 g/mol. The van der Waals surface area contributed by atoms with Crippen molar-refractivity contribution < 1.29 is 9.59 Å². The molecule has 0 radical (unpaired) electrons. The molecular formula is C20H25N3O2. The van der Waals surface area contributed by atoms with Crippen LogP contribution in [0, 0.1) is 6.92 Å². The summed E-state index contributed by atoms with van der Waals surface area (Å²) in [6.07, 6.45) is 4.79. The van der Waals surface area contributed by atoms with Crippen molar-refractivity contribution in [2.75, 3.05) is 18.4 Å². The highest BCUT2D eigenvalue weighted by Gasteiger charge is 2.17. The smallest absolute Gasteiger partial charge is 0.257 e. The second-order valence-corrected chi connectivity index (χ2v) is 6.02. The standard InChI is InChI=1S/C20H25N3O2/c1-4-10-23(11-5-2)20(25)17-12-16(13-21-14-17)19(24)22-18-9-7-6-8-15(18)3/h6-9,12-14H,4-5,10-11H2,1-3H3,(H,22,24). The zero-order valence-electron chi connectivity index (χ0n) is 15.1. The number of aromatic nitrogens is 1. The zero-order valence-corrected chi connectivity index (χ0v) is 15.1. The van der Waals surface area contributed by atoms with E-state index in [-0.39, 0.29) is 11.8 Å². The number of carbonyl (C=O) groups is 2. The Labute approximate surface area is 149 Å². The third kappa shape index (κ3) is 4.89. The number of para-hydroxylation sites is 1. The van der Waals surface area contributed by atoms with Gasteiger partial charge in [0.2, 0.25) is 0 Å². The number of nitrogens with zero attached hydrogens (tertiary/aromatic N) is 2. The van der Waals surface area contributed by atoms with Gasteiger partial charge in [-0.1, -0.05) is 32.0 Å². The molecule has 0 unspecified atom stereocenters. The summed E-state index contributed by atoms with van der Waals surface area (Å²) in [5, 5.41) is 2.87. The van der Waals surface area contributed by atoms with Gasteiger partial charge in [-0.25, -0.2) is 0 Å². The Bertz CT molecular complexity index is 737. The van der Waals surface area contributed by atoms with Crippen molar-refractivity contribution in [1.29, 1.82) is 0 Å². The molecule has 2 aromatic rings. The Hall–Kier alpha value is -2.69. The van der Waals surface area contributed by atoms with Crippen LogP contribution in [-0.4, -0.2) is 34.8 Å². The van der Waals surface area contributed by atoms with Crippen molar-refractivity contribution in [3.8, 4) is 0 Å². The molecule has 0 spiro atoms. The van der Waals surface area contributed by atoms with Crippen LogP contribution in [0.3, 0.4) is 0 Å². The lowest BCUT2D eigenvalue weighted by molar-refractivity contribution is 0.0755. The van der Waals surface area contributed by atoms with Crippen molar-refractivity contribution >= 4 is 17.5 Å². The van der Waals surface area contributed by atoms with Gasteiger partial charge in [0.05, 0.1) is 11.1 Å². The number of nitrogens with one attached hydrogen (secondary N) is 1. The maximum atomic E-state index is 12.7. The fourth-order valence-corrected chi connectivity index (χ4v) is 2.63. The van der Waals surface area contributed by atoms with E-state index < -0.39 is 0 Å². The van der Waals surface area contributed by atoms with Crippen molar-refractivity contribution in [2.45, 2.75) is 33.6 Å². The number of anilines is 1. The maximum Gasteiger partial charge on any atom is 0.257 e. The molecule has 0 fully saturated rings. The van der Waals surface area contributed by atoms with E-state index in [1.165, 1.54) is 12.4 Å². The monoisotopic (exact) mass is 339 g/mol. The number of aryl methyl sites for hydroxylation is 1. The molecule has 0 aliphatic rings. The zero-order chi connectivity index (χ0) is 18.2. The Morgan fingerprint density at radius 2 is 1.68 bits per heavy atom. The molecule has 5 heteroatoms. The van der Waals surface area contributed by atoms with E-state index in [1.807, 2.05) is 45.0 Å². The van der Waals surface area contributed by atoms with Gasteiger partial charge in [0, 0.05) is 31.2 Å². The first kappa shape index (κ1) is 18.6. The molecule has 0 saturated heterocycles. The number of rotatable bonds is 7. The molecule has 0 aliphatic carbocycles. The van der Waals surface area contributed by atoms with Crippen LogP contribution in [-0.2, 0) is 0 Å². The van der Waals surface area contributed by atoms with Crippen LogP contribution in [0.4, 0.5) is 5.69 Å². The molecule has 2 rings (SSSR count). The van der Waals surface area contributed by atoms with Crippen LogP contribution in [0.1, 0.15) is 53.0 Å². The summed E-state index contributed by atoms with van der Waals surface area (Å²) < 4.78 is 0. The third-order valence-electron chi connectivity index (χ3n) is 3.91. The Morgan fingerprint density at radius 1 is 1.04 bits per heavy atom. The Balaban J connectivity index is 2.18. The molecule has 1 aromatic carbocycles. The highest BCUT2D eigenvalue weighted by Crippen LogP contribution is 2.15. The van der Waals surface area contributed by atoms with Gasteiger partial charge in [0.1, 0.15) is 0 Å². The fraction of sp³-hybridized carbons (Fsp3) is 0.350. The molecule has 25 heavy (non-hydrogen) atoms. The molecule has 0 saturated carbocycles. The predicted octanol–water partition coefficient (Wildman–Crippen LogP) is 3.90. The molecule has 5 nitrogen and oxygen atoms in total. The summed E-state index contributed by atoms with van der Waals surface area (Å²) in [5.74, 6) is -0.351. The minimum atomic E-state index is -0.269. The molecule has 2 amide bonds. The molecule has 1 heterocycles. The van der Waals surface area contributed by atoms with Gasteiger partial charge in [-0.3, -0.25) is 14.6 Å². The summed E-state index contributed by atoms with van der Waals surface area (Å²) in [6.45, 7) is 7.42. The SMILES string of the molecule is CCCN(CCC)C(=O)c1cncc(C(=O)Nc2ccccc2C)c1. The van der Waals surface area contributed by atoms with Gasteiger partial charge in [-0.2, -0.15) is 0 Å². The van der Waals surface area contributed by atoms with Crippen molar-refractivity contribution in [1.82, 2.24) is 9.88 Å². The van der Waals surface area contributed by atoms with Gasteiger partial charge in [-0.15, -0.1) is 0 Å². The third-order valence-corrected chi connectivity index (χ3v) is 3.91. The first-order valence-electron chi connectivity index (χ1n) is 8.68. The number of hydrogen-bond acceptors (Lipinski definition) is 3. The molecule has 132 valence electrons. The van der Waals surface area contributed by atoms with E-state index in [9.17, 15) is 9.59 Å². The van der Waals surface area contributed by atoms with Crippen molar-refractivity contribution in [2.24, 2.45) is 0 Å². The quantitative estimate of drug-likeness (QED) is 0.832. The summed E-state index contributed by atoms with van der Waals surface area (Å²) in [5.41, 5.74) is 2.55. The highest BCUT2D eigenvalue weighted by atomic mass is 16.2. The Morgan fingerprint density at radius 3 is 2.32 bits per heavy atom. The van der Waals surface area contributed by atoms with E-state index in [0.717, 1.165) is 24.1 Å². The number of pyridine rings is 1. The fourth-order valence-electron chi connectivity index (χ4n) is 2.63. The summed E-state index contributed by atoms with van der Waals surface area (Å²) in [4.78, 5) is 31.0. The predicted molar refractivity (Wildman–Crippen MR) is 99.9 cm³/mol. The van der Waals surface area contributed by atoms with Gasteiger partial charge in [-0.05, 0) is 37.5 Å². The lowest BCUT2D eigenvalue weighted by atomic mass is 10.1. The van der Waals surface area contributed by atoms with Gasteiger partial charge >= 0.3 is 0 Å². The molecule has 0 bridgehead atoms. The van der Waals surface area contributed by atoms with Crippen LogP contribution >= 0.6 is 0 Å². The number of benzene rings is 1. The summed E-state index contributed by atoms with van der Waals surface area (Å²) in [7, 11) is 0. The van der Waals surface area contributed by atoms with E-state index in [0.29, 0.717) is 24.2 Å². The minimum Gasteiger partial charge on any atom is -0.339 e. The van der Waals surface area contributed by atoms with Crippen LogP contribution in [0.5, 0.6) is 0 Å². The van der Waals surface area contributed by atoms with E-state index in [2.05, 4.69) is 10.3 Å². The second kappa shape index (κ2) is 8.97. The van der Waals surface area contributed by atoms with E-state index in [4.69, 9.17) is 0 Å². The van der Waals surface area contributed by atoms with Crippen LogP contribution in [0.2, 0.25) is 0 Å². The van der Waals surface area contributed by atoms with Crippen molar-refractivity contribution in [3.05, 3.63) is 59.4 Å². The van der Waals surface area contributed by atoms with Gasteiger partial charge < -0.3 is 10.2 Å². The van der Waals surface area contributed by atoms with E-state index >= 15 is 0 Å². The highest BCUT2D eigenvalue weighted by molar-refractivity contribution is 6.06. The maximum absolute atomic E-state index is 12.7. The largest absolute Gasteiger partial charge is 0.339 e. The summed E-state index contributed by atoms with van der Waals surface area (Å²) >= 11 is 0. The molecule has 0 aliphatic heterocycles. The molecule has 1 N–H and O–H groups in total. The van der Waals surface area contributed by atoms with Crippen LogP contribution < -0.4 is 5.32 Å². The van der Waals surface area contributed by atoms with E-state index in [1.54, 1.807) is 11.0 Å². The molecule has 1 aromatic heterocycles. The van der Waals surface area contributed by atoms with Crippen LogP contribution in [0.15, 0.2) is 42.7 Å². The molecular weight excluding hydrogens is 314 g/mol. The lowest BCUT2D eigenvalue weighted by Crippen LogP contribution is -2.32. The van der Waals surface area contributed by atoms with Gasteiger partial charge in [0.15, 0.2) is 0 Å². The molecule has 0 atom stereocenters.